The summed E-state index contributed by atoms with van der Waals surface area (Å²) in [7, 11) is 0. The van der Waals surface area contributed by atoms with Gasteiger partial charge in [-0.25, -0.2) is 0 Å². The van der Waals surface area contributed by atoms with E-state index in [0.29, 0.717) is 6.54 Å². The maximum absolute atomic E-state index is 9.43. The number of fused-ring (bicyclic) bond motifs is 1. The Hall–Kier alpha value is -2.60. The largest absolute Gasteiger partial charge is 0.504 e. The summed E-state index contributed by atoms with van der Waals surface area (Å²) < 4.78 is 1.97. The average molecular weight is 284 g/mol. The number of aromatic nitrogens is 3. The fourth-order valence-corrected chi connectivity index (χ4v) is 2.17. The van der Waals surface area contributed by atoms with Crippen LogP contribution in [0.15, 0.2) is 42.6 Å². The molecule has 3 rings (SSSR count). The number of phenols is 2. The van der Waals surface area contributed by atoms with E-state index in [-0.39, 0.29) is 11.5 Å². The quantitative estimate of drug-likeness (QED) is 0.488. The third-order valence-corrected chi connectivity index (χ3v) is 3.28. The van der Waals surface area contributed by atoms with Gasteiger partial charge in [-0.15, -0.1) is 10.2 Å². The normalized spacial score (nSPS) is 11.0. The molecule has 0 aliphatic heterocycles. The Morgan fingerprint density at radius 2 is 1.95 bits per heavy atom. The zero-order valence-corrected chi connectivity index (χ0v) is 11.4. The summed E-state index contributed by atoms with van der Waals surface area (Å²) in [5, 5.41) is 30.2. The SMILES string of the molecule is Oc1ccc(CNCCc2nnc3ccccn23)cc1O. The molecule has 0 aliphatic carbocycles. The molecule has 3 N–H and O–H groups in total. The third-order valence-electron chi connectivity index (χ3n) is 3.28. The van der Waals surface area contributed by atoms with Gasteiger partial charge in [0.15, 0.2) is 17.1 Å². The number of benzene rings is 1. The van der Waals surface area contributed by atoms with Gasteiger partial charge < -0.3 is 15.5 Å². The second-order valence-electron chi connectivity index (χ2n) is 4.79. The van der Waals surface area contributed by atoms with Crippen molar-refractivity contribution in [1.29, 1.82) is 0 Å². The molecule has 2 heterocycles. The molecule has 0 bridgehead atoms. The Morgan fingerprint density at radius 3 is 2.81 bits per heavy atom. The fraction of sp³-hybridized carbons (Fsp3) is 0.200. The van der Waals surface area contributed by atoms with Crippen molar-refractivity contribution in [2.75, 3.05) is 6.54 Å². The van der Waals surface area contributed by atoms with Crippen molar-refractivity contribution in [3.8, 4) is 11.5 Å². The summed E-state index contributed by atoms with van der Waals surface area (Å²) in [6.45, 7) is 1.36. The van der Waals surface area contributed by atoms with Crippen LogP contribution in [0.2, 0.25) is 0 Å². The molecule has 0 saturated heterocycles. The first kappa shape index (κ1) is 13.4. The van der Waals surface area contributed by atoms with Crippen LogP contribution in [0, 0.1) is 0 Å². The van der Waals surface area contributed by atoms with E-state index in [1.165, 1.54) is 6.07 Å². The van der Waals surface area contributed by atoms with Crippen LogP contribution in [0.3, 0.4) is 0 Å². The number of phenolic OH excluding ortho intramolecular Hbond substituents is 2. The lowest BCUT2D eigenvalue weighted by molar-refractivity contribution is 0.403. The van der Waals surface area contributed by atoms with E-state index >= 15 is 0 Å². The van der Waals surface area contributed by atoms with Crippen molar-refractivity contribution in [2.45, 2.75) is 13.0 Å². The number of aromatic hydroxyl groups is 2. The number of nitrogens with zero attached hydrogens (tertiary/aromatic N) is 3. The topological polar surface area (TPSA) is 82.7 Å². The molecule has 0 fully saturated rings. The number of hydrogen-bond donors (Lipinski definition) is 3. The van der Waals surface area contributed by atoms with E-state index in [4.69, 9.17) is 0 Å². The van der Waals surface area contributed by atoms with Crippen molar-refractivity contribution in [2.24, 2.45) is 0 Å². The lowest BCUT2D eigenvalue weighted by Gasteiger charge is -2.05. The monoisotopic (exact) mass is 284 g/mol. The molecule has 0 amide bonds. The van der Waals surface area contributed by atoms with Gasteiger partial charge in [-0.05, 0) is 29.8 Å². The second kappa shape index (κ2) is 5.80. The lowest BCUT2D eigenvalue weighted by Crippen LogP contribution is -2.17. The summed E-state index contributed by atoms with van der Waals surface area (Å²) in [5.74, 6) is 0.707. The minimum atomic E-state index is -0.103. The Balaban J connectivity index is 1.55. The summed E-state index contributed by atoms with van der Waals surface area (Å²) in [5.41, 5.74) is 1.76. The maximum Gasteiger partial charge on any atom is 0.160 e. The van der Waals surface area contributed by atoms with E-state index < -0.39 is 0 Å². The van der Waals surface area contributed by atoms with E-state index in [2.05, 4.69) is 15.5 Å². The van der Waals surface area contributed by atoms with Crippen LogP contribution < -0.4 is 5.32 Å². The van der Waals surface area contributed by atoms with Gasteiger partial charge in [0, 0.05) is 25.7 Å². The predicted molar refractivity (Wildman–Crippen MR) is 78.2 cm³/mol. The number of pyridine rings is 1. The van der Waals surface area contributed by atoms with Crippen LogP contribution in [0.5, 0.6) is 11.5 Å². The highest BCUT2D eigenvalue weighted by molar-refractivity contribution is 5.40. The van der Waals surface area contributed by atoms with Crippen LogP contribution in [-0.2, 0) is 13.0 Å². The second-order valence-corrected chi connectivity index (χ2v) is 4.79. The van der Waals surface area contributed by atoms with Gasteiger partial charge in [0.05, 0.1) is 0 Å². The van der Waals surface area contributed by atoms with Crippen molar-refractivity contribution in [1.82, 2.24) is 19.9 Å². The first-order valence-corrected chi connectivity index (χ1v) is 6.74. The van der Waals surface area contributed by atoms with Crippen LogP contribution in [-0.4, -0.2) is 31.4 Å². The molecule has 0 aliphatic rings. The molecule has 1 aromatic carbocycles. The van der Waals surface area contributed by atoms with Gasteiger partial charge in [-0.2, -0.15) is 0 Å². The predicted octanol–water partition coefficient (Wildman–Crippen LogP) is 1.47. The van der Waals surface area contributed by atoms with E-state index in [1.54, 1.807) is 12.1 Å². The van der Waals surface area contributed by atoms with E-state index in [1.807, 2.05) is 28.8 Å². The fourth-order valence-electron chi connectivity index (χ4n) is 2.17. The van der Waals surface area contributed by atoms with Crippen LogP contribution in [0.4, 0.5) is 0 Å². The summed E-state index contributed by atoms with van der Waals surface area (Å²) in [6.07, 6.45) is 2.71. The molecule has 0 atom stereocenters. The first-order valence-electron chi connectivity index (χ1n) is 6.74. The maximum atomic E-state index is 9.43. The lowest BCUT2D eigenvalue weighted by atomic mass is 10.2. The van der Waals surface area contributed by atoms with Gasteiger partial charge in [0.1, 0.15) is 5.82 Å². The molecule has 0 saturated carbocycles. The first-order chi connectivity index (χ1) is 10.2. The molecule has 3 aromatic rings. The van der Waals surface area contributed by atoms with Gasteiger partial charge in [-0.3, -0.25) is 4.40 Å². The molecule has 6 nitrogen and oxygen atoms in total. The molecule has 0 spiro atoms. The van der Waals surface area contributed by atoms with Crippen molar-refractivity contribution < 1.29 is 10.2 Å². The average Bonchev–Trinajstić information content (AvgIpc) is 2.91. The molecular weight excluding hydrogens is 268 g/mol. The smallest absolute Gasteiger partial charge is 0.160 e. The van der Waals surface area contributed by atoms with E-state index in [9.17, 15) is 10.2 Å². The minimum Gasteiger partial charge on any atom is -0.504 e. The zero-order valence-electron chi connectivity index (χ0n) is 11.4. The number of hydrogen-bond acceptors (Lipinski definition) is 5. The van der Waals surface area contributed by atoms with Gasteiger partial charge in [0.2, 0.25) is 0 Å². The molecule has 108 valence electrons. The Labute approximate surface area is 121 Å². The summed E-state index contributed by atoms with van der Waals surface area (Å²) >= 11 is 0. The Kier molecular flexibility index (Phi) is 3.70. The molecule has 21 heavy (non-hydrogen) atoms. The van der Waals surface area contributed by atoms with Crippen molar-refractivity contribution in [3.05, 3.63) is 54.0 Å². The van der Waals surface area contributed by atoms with Crippen molar-refractivity contribution >= 4 is 5.65 Å². The molecule has 6 heteroatoms. The molecule has 2 aromatic heterocycles. The molecule has 0 radical (unpaired) electrons. The summed E-state index contributed by atoms with van der Waals surface area (Å²) in [6, 6.07) is 10.6. The highest BCUT2D eigenvalue weighted by atomic mass is 16.3. The third kappa shape index (κ3) is 2.95. The van der Waals surface area contributed by atoms with Crippen LogP contribution >= 0.6 is 0 Å². The number of rotatable bonds is 5. The highest BCUT2D eigenvalue weighted by Gasteiger charge is 2.04. The van der Waals surface area contributed by atoms with Crippen LogP contribution in [0.25, 0.3) is 5.65 Å². The Bertz CT molecular complexity index is 754. The summed E-state index contributed by atoms with van der Waals surface area (Å²) in [4.78, 5) is 0. The minimum absolute atomic E-state index is 0.0993. The van der Waals surface area contributed by atoms with Gasteiger partial charge >= 0.3 is 0 Å². The highest BCUT2D eigenvalue weighted by Crippen LogP contribution is 2.24. The Morgan fingerprint density at radius 1 is 1.05 bits per heavy atom. The standard InChI is InChI=1S/C15H16N4O2/c20-12-5-4-11(9-13(12)21)10-16-7-6-15-18-17-14-3-1-2-8-19(14)15/h1-5,8-9,16,20-21H,6-7,10H2. The van der Waals surface area contributed by atoms with Gasteiger partial charge in [-0.1, -0.05) is 12.1 Å². The van der Waals surface area contributed by atoms with E-state index in [0.717, 1.165) is 30.0 Å². The van der Waals surface area contributed by atoms with Crippen molar-refractivity contribution in [3.63, 3.8) is 0 Å². The van der Waals surface area contributed by atoms with Crippen LogP contribution in [0.1, 0.15) is 11.4 Å². The van der Waals surface area contributed by atoms with Gasteiger partial charge in [0.25, 0.3) is 0 Å². The number of nitrogens with one attached hydrogen (secondary N) is 1. The molecule has 0 unspecified atom stereocenters. The zero-order chi connectivity index (χ0) is 14.7. The molecular formula is C15H16N4O2.